The summed E-state index contributed by atoms with van der Waals surface area (Å²) in [6, 6.07) is 4.23. The SMILES string of the molecule is CCCNC1COc2cc3c(cc21)OCO3. The van der Waals surface area contributed by atoms with E-state index in [1.807, 2.05) is 12.1 Å². The number of benzene rings is 1. The molecule has 0 spiro atoms. The van der Waals surface area contributed by atoms with Gasteiger partial charge >= 0.3 is 0 Å². The Balaban J connectivity index is 1.88. The van der Waals surface area contributed by atoms with Gasteiger partial charge < -0.3 is 19.5 Å². The maximum Gasteiger partial charge on any atom is 0.231 e. The Morgan fingerprint density at radius 2 is 2.00 bits per heavy atom. The van der Waals surface area contributed by atoms with Crippen molar-refractivity contribution in [3.63, 3.8) is 0 Å². The van der Waals surface area contributed by atoms with Gasteiger partial charge in [0.2, 0.25) is 6.79 Å². The smallest absolute Gasteiger partial charge is 0.231 e. The minimum atomic E-state index is 0.282. The van der Waals surface area contributed by atoms with Gasteiger partial charge in [0.15, 0.2) is 11.5 Å². The highest BCUT2D eigenvalue weighted by Gasteiger charge is 2.27. The van der Waals surface area contributed by atoms with Gasteiger partial charge in [-0.3, -0.25) is 0 Å². The van der Waals surface area contributed by atoms with E-state index in [0.29, 0.717) is 13.4 Å². The van der Waals surface area contributed by atoms with Crippen LogP contribution in [0.1, 0.15) is 24.9 Å². The molecular formula is C12H15NO3. The summed E-state index contributed by atoms with van der Waals surface area (Å²) in [5, 5.41) is 3.46. The Labute approximate surface area is 94.5 Å². The van der Waals surface area contributed by atoms with Gasteiger partial charge in [0.25, 0.3) is 0 Å². The first-order chi connectivity index (χ1) is 7.88. The third kappa shape index (κ3) is 1.50. The fraction of sp³-hybridized carbons (Fsp3) is 0.500. The van der Waals surface area contributed by atoms with E-state index in [1.165, 1.54) is 5.56 Å². The highest BCUT2D eigenvalue weighted by atomic mass is 16.7. The number of fused-ring (bicyclic) bond motifs is 2. The molecule has 0 aliphatic carbocycles. The van der Waals surface area contributed by atoms with Crippen molar-refractivity contribution in [2.45, 2.75) is 19.4 Å². The molecule has 1 atom stereocenters. The molecule has 2 heterocycles. The van der Waals surface area contributed by atoms with Crippen LogP contribution < -0.4 is 19.5 Å². The van der Waals surface area contributed by atoms with E-state index in [2.05, 4.69) is 12.2 Å². The van der Waals surface area contributed by atoms with Gasteiger partial charge in [0.1, 0.15) is 12.4 Å². The van der Waals surface area contributed by atoms with Gasteiger partial charge in [-0.05, 0) is 19.0 Å². The fourth-order valence-electron chi connectivity index (χ4n) is 2.09. The summed E-state index contributed by atoms with van der Waals surface area (Å²) in [6.07, 6.45) is 1.12. The van der Waals surface area contributed by atoms with Gasteiger partial charge in [0, 0.05) is 11.6 Å². The minimum Gasteiger partial charge on any atom is -0.491 e. The van der Waals surface area contributed by atoms with Gasteiger partial charge in [0.05, 0.1) is 6.04 Å². The highest BCUT2D eigenvalue weighted by molar-refractivity contribution is 5.54. The molecule has 0 radical (unpaired) electrons. The third-order valence-corrected chi connectivity index (χ3v) is 2.93. The van der Waals surface area contributed by atoms with Crippen molar-refractivity contribution in [2.75, 3.05) is 19.9 Å². The predicted octanol–water partition coefficient (Wildman–Crippen LogP) is 1.85. The lowest BCUT2D eigenvalue weighted by Crippen LogP contribution is -2.23. The summed E-state index contributed by atoms with van der Waals surface area (Å²) >= 11 is 0. The monoisotopic (exact) mass is 221 g/mol. The Morgan fingerprint density at radius 3 is 2.81 bits per heavy atom. The topological polar surface area (TPSA) is 39.7 Å². The quantitative estimate of drug-likeness (QED) is 0.845. The Bertz CT molecular complexity index is 405. The molecule has 4 nitrogen and oxygen atoms in total. The number of hydrogen-bond donors (Lipinski definition) is 1. The predicted molar refractivity (Wildman–Crippen MR) is 59.1 cm³/mol. The average Bonchev–Trinajstić information content (AvgIpc) is 2.89. The van der Waals surface area contributed by atoms with Crippen LogP contribution in [0.5, 0.6) is 17.2 Å². The van der Waals surface area contributed by atoms with E-state index in [4.69, 9.17) is 14.2 Å². The van der Waals surface area contributed by atoms with E-state index in [1.54, 1.807) is 0 Å². The molecule has 0 amide bonds. The standard InChI is InChI=1S/C12H15NO3/c1-2-3-13-9-6-14-10-5-12-11(4-8(9)10)15-7-16-12/h4-5,9,13H,2-3,6-7H2,1H3. The molecular weight excluding hydrogens is 206 g/mol. The highest BCUT2D eigenvalue weighted by Crippen LogP contribution is 2.43. The van der Waals surface area contributed by atoms with E-state index >= 15 is 0 Å². The van der Waals surface area contributed by atoms with Crippen molar-refractivity contribution in [1.82, 2.24) is 5.32 Å². The molecule has 86 valence electrons. The molecule has 0 aromatic heterocycles. The summed E-state index contributed by atoms with van der Waals surface area (Å²) in [7, 11) is 0. The molecule has 1 aromatic rings. The molecule has 1 unspecified atom stereocenters. The van der Waals surface area contributed by atoms with Crippen LogP contribution in [-0.2, 0) is 0 Å². The largest absolute Gasteiger partial charge is 0.491 e. The van der Waals surface area contributed by atoms with Crippen molar-refractivity contribution in [3.05, 3.63) is 17.7 Å². The van der Waals surface area contributed by atoms with Crippen LogP contribution in [0, 0.1) is 0 Å². The summed E-state index contributed by atoms with van der Waals surface area (Å²) < 4.78 is 16.3. The average molecular weight is 221 g/mol. The van der Waals surface area contributed by atoms with Crippen LogP contribution in [0.25, 0.3) is 0 Å². The van der Waals surface area contributed by atoms with E-state index in [9.17, 15) is 0 Å². The van der Waals surface area contributed by atoms with Crippen molar-refractivity contribution >= 4 is 0 Å². The number of nitrogens with one attached hydrogen (secondary N) is 1. The normalized spacial score (nSPS) is 20.7. The van der Waals surface area contributed by atoms with Crippen molar-refractivity contribution in [2.24, 2.45) is 0 Å². The van der Waals surface area contributed by atoms with Gasteiger partial charge in [-0.15, -0.1) is 0 Å². The second-order valence-electron chi connectivity index (χ2n) is 4.06. The summed E-state index contributed by atoms with van der Waals surface area (Å²) in [5.41, 5.74) is 1.18. The Morgan fingerprint density at radius 1 is 1.19 bits per heavy atom. The second kappa shape index (κ2) is 3.87. The first-order valence-corrected chi connectivity index (χ1v) is 5.68. The summed E-state index contributed by atoms with van der Waals surface area (Å²) in [5.74, 6) is 2.53. The molecule has 1 N–H and O–H groups in total. The maximum atomic E-state index is 5.64. The molecule has 2 aliphatic heterocycles. The molecule has 0 saturated heterocycles. The zero-order valence-electron chi connectivity index (χ0n) is 9.29. The lowest BCUT2D eigenvalue weighted by molar-refractivity contribution is 0.173. The first kappa shape index (κ1) is 9.78. The van der Waals surface area contributed by atoms with Crippen LogP contribution in [-0.4, -0.2) is 19.9 Å². The van der Waals surface area contributed by atoms with Crippen molar-refractivity contribution < 1.29 is 14.2 Å². The van der Waals surface area contributed by atoms with Crippen LogP contribution in [0.3, 0.4) is 0 Å². The molecule has 0 fully saturated rings. The number of ether oxygens (including phenoxy) is 3. The zero-order chi connectivity index (χ0) is 11.0. The first-order valence-electron chi connectivity index (χ1n) is 5.68. The molecule has 3 rings (SSSR count). The van der Waals surface area contributed by atoms with E-state index in [0.717, 1.165) is 30.2 Å². The van der Waals surface area contributed by atoms with E-state index < -0.39 is 0 Å². The molecule has 4 heteroatoms. The number of hydrogen-bond acceptors (Lipinski definition) is 4. The summed E-state index contributed by atoms with van der Waals surface area (Å²) in [6.45, 7) is 4.16. The van der Waals surface area contributed by atoms with Crippen LogP contribution in [0.4, 0.5) is 0 Å². The van der Waals surface area contributed by atoms with Crippen LogP contribution in [0.15, 0.2) is 12.1 Å². The molecule has 1 aromatic carbocycles. The minimum absolute atomic E-state index is 0.282. The molecule has 2 aliphatic rings. The second-order valence-corrected chi connectivity index (χ2v) is 4.06. The maximum absolute atomic E-state index is 5.64. The van der Waals surface area contributed by atoms with Crippen LogP contribution >= 0.6 is 0 Å². The van der Waals surface area contributed by atoms with Gasteiger partial charge in [-0.25, -0.2) is 0 Å². The lowest BCUT2D eigenvalue weighted by atomic mass is 10.1. The fourth-order valence-corrected chi connectivity index (χ4v) is 2.09. The summed E-state index contributed by atoms with van der Waals surface area (Å²) in [4.78, 5) is 0. The molecule has 0 saturated carbocycles. The molecule has 0 bridgehead atoms. The van der Waals surface area contributed by atoms with Crippen molar-refractivity contribution in [1.29, 1.82) is 0 Å². The lowest BCUT2D eigenvalue weighted by Gasteiger charge is -2.10. The van der Waals surface area contributed by atoms with Gasteiger partial charge in [-0.2, -0.15) is 0 Å². The van der Waals surface area contributed by atoms with Crippen molar-refractivity contribution in [3.8, 4) is 17.2 Å². The molecule has 16 heavy (non-hydrogen) atoms. The van der Waals surface area contributed by atoms with Gasteiger partial charge in [-0.1, -0.05) is 6.92 Å². The third-order valence-electron chi connectivity index (χ3n) is 2.93. The number of rotatable bonds is 3. The Kier molecular flexibility index (Phi) is 2.36. The zero-order valence-corrected chi connectivity index (χ0v) is 9.29. The van der Waals surface area contributed by atoms with E-state index in [-0.39, 0.29) is 6.04 Å². The Hall–Kier alpha value is -1.42. The van der Waals surface area contributed by atoms with Crippen LogP contribution in [0.2, 0.25) is 0 Å².